The fraction of sp³-hybridized carbons (Fsp3) is 0.211. The minimum absolute atomic E-state index is 0.0134. The number of hydrogen-bond donors (Lipinski definition) is 0. The van der Waals surface area contributed by atoms with Crippen LogP contribution in [0.1, 0.15) is 16.7 Å². The lowest BCUT2D eigenvalue weighted by atomic mass is 10.0. The van der Waals surface area contributed by atoms with Gasteiger partial charge in [-0.15, -0.1) is 0 Å². The molecule has 0 saturated heterocycles. The lowest BCUT2D eigenvalue weighted by molar-refractivity contribution is -0.181. The van der Waals surface area contributed by atoms with Crippen molar-refractivity contribution in [1.82, 2.24) is 5.06 Å². The second kappa shape index (κ2) is 9.95. The van der Waals surface area contributed by atoms with Crippen molar-refractivity contribution in [2.24, 2.45) is 5.16 Å². The molecule has 0 aliphatic heterocycles. The van der Waals surface area contributed by atoms with Crippen LogP contribution in [0.3, 0.4) is 0 Å². The van der Waals surface area contributed by atoms with Gasteiger partial charge in [0.25, 0.3) is 0 Å². The lowest BCUT2D eigenvalue weighted by Crippen LogP contribution is -2.25. The van der Waals surface area contributed by atoms with Crippen molar-refractivity contribution < 1.29 is 24.0 Å². The maximum atomic E-state index is 12.0. The van der Waals surface area contributed by atoms with Crippen LogP contribution in [0.4, 0.5) is 0 Å². The molecule has 0 spiro atoms. The first-order valence-corrected chi connectivity index (χ1v) is 7.86. The van der Waals surface area contributed by atoms with Crippen LogP contribution >= 0.6 is 0 Å². The van der Waals surface area contributed by atoms with Crippen LogP contribution < -0.4 is 0 Å². The van der Waals surface area contributed by atoms with Crippen molar-refractivity contribution in [1.29, 1.82) is 0 Å². The quantitative estimate of drug-likeness (QED) is 0.298. The maximum Gasteiger partial charge on any atom is 0.360 e. The Morgan fingerprint density at radius 1 is 1.08 bits per heavy atom. The van der Waals surface area contributed by atoms with Crippen LogP contribution in [0.5, 0.6) is 0 Å². The maximum absolute atomic E-state index is 12.0. The largest absolute Gasteiger partial charge is 0.464 e. The molecule has 7 heteroatoms. The highest BCUT2D eigenvalue weighted by atomic mass is 16.7. The van der Waals surface area contributed by atoms with Crippen molar-refractivity contribution in [3.05, 3.63) is 71.3 Å². The number of carbonyl (C=O) groups is 2. The first kappa shape index (κ1) is 19.1. The van der Waals surface area contributed by atoms with E-state index in [4.69, 9.17) is 14.4 Å². The minimum Gasteiger partial charge on any atom is -0.464 e. The van der Waals surface area contributed by atoms with Gasteiger partial charge >= 0.3 is 5.97 Å². The van der Waals surface area contributed by atoms with Crippen LogP contribution in [0.15, 0.2) is 59.8 Å². The Balaban J connectivity index is 2.18. The first-order chi connectivity index (χ1) is 12.7. The molecule has 0 aromatic heterocycles. The van der Waals surface area contributed by atoms with E-state index in [9.17, 15) is 9.59 Å². The lowest BCUT2D eigenvalue weighted by Gasteiger charge is -2.19. The summed E-state index contributed by atoms with van der Waals surface area (Å²) in [5, 5.41) is 4.91. The van der Waals surface area contributed by atoms with Gasteiger partial charge in [-0.1, -0.05) is 59.8 Å². The van der Waals surface area contributed by atoms with Gasteiger partial charge < -0.3 is 9.57 Å². The van der Waals surface area contributed by atoms with Gasteiger partial charge in [-0.05, 0) is 11.1 Å². The second-order valence-corrected chi connectivity index (χ2v) is 5.21. The van der Waals surface area contributed by atoms with Gasteiger partial charge in [-0.3, -0.25) is 9.63 Å². The number of methoxy groups -OCH3 is 1. The highest BCUT2D eigenvalue weighted by Crippen LogP contribution is 2.15. The highest BCUT2D eigenvalue weighted by molar-refractivity contribution is 6.43. The van der Waals surface area contributed by atoms with E-state index in [1.165, 1.54) is 14.2 Å². The van der Waals surface area contributed by atoms with E-state index >= 15 is 0 Å². The van der Waals surface area contributed by atoms with E-state index in [0.29, 0.717) is 17.5 Å². The third-order valence-corrected chi connectivity index (χ3v) is 3.52. The van der Waals surface area contributed by atoms with Gasteiger partial charge in [0.15, 0.2) is 5.71 Å². The number of ether oxygens (including phenoxy) is 1. The van der Waals surface area contributed by atoms with E-state index in [1.54, 1.807) is 24.3 Å². The molecule has 0 saturated carbocycles. The molecule has 2 rings (SSSR count). The molecule has 0 heterocycles. The Labute approximate surface area is 151 Å². The summed E-state index contributed by atoms with van der Waals surface area (Å²) in [4.78, 5) is 33.6. The predicted octanol–water partition coefficient (Wildman–Crippen LogP) is 2.30. The summed E-state index contributed by atoms with van der Waals surface area (Å²) < 4.78 is 4.75. The van der Waals surface area contributed by atoms with Gasteiger partial charge in [0.05, 0.1) is 13.7 Å². The SMILES string of the molecule is CON=C(C(=O)OC)c1ccccc1CN(C=O)OCc1ccccc1. The zero-order valence-electron chi connectivity index (χ0n) is 14.6. The number of hydrogen-bond acceptors (Lipinski definition) is 6. The summed E-state index contributed by atoms with van der Waals surface area (Å²) in [5.41, 5.74) is 2.11. The van der Waals surface area contributed by atoms with Crippen molar-refractivity contribution in [2.45, 2.75) is 13.2 Å². The Morgan fingerprint density at radius 2 is 1.77 bits per heavy atom. The van der Waals surface area contributed by atoms with Crippen LogP contribution in [0.25, 0.3) is 0 Å². The third kappa shape index (κ3) is 5.15. The Kier molecular flexibility index (Phi) is 7.32. The average Bonchev–Trinajstić information content (AvgIpc) is 2.70. The molecule has 0 atom stereocenters. The van der Waals surface area contributed by atoms with Crippen LogP contribution in [-0.4, -0.2) is 37.4 Å². The Morgan fingerprint density at radius 3 is 2.42 bits per heavy atom. The molecule has 0 aliphatic rings. The van der Waals surface area contributed by atoms with Gasteiger partial charge in [0, 0.05) is 5.56 Å². The standard InChI is InChI=1S/C19H20N2O5/c1-24-19(23)18(20-25-2)17-11-7-6-10-16(17)12-21(14-22)26-13-15-8-4-3-5-9-15/h3-11,14H,12-13H2,1-2H3. The average molecular weight is 356 g/mol. The molecule has 1 amide bonds. The molecule has 7 nitrogen and oxygen atoms in total. The zero-order valence-corrected chi connectivity index (χ0v) is 14.6. The van der Waals surface area contributed by atoms with E-state index in [-0.39, 0.29) is 18.9 Å². The molecule has 2 aromatic rings. The zero-order chi connectivity index (χ0) is 18.8. The smallest absolute Gasteiger partial charge is 0.360 e. The van der Waals surface area contributed by atoms with Gasteiger partial charge in [0.1, 0.15) is 13.7 Å². The molecule has 0 fully saturated rings. The van der Waals surface area contributed by atoms with Crippen LogP contribution in [-0.2, 0) is 37.2 Å². The number of amides is 1. The van der Waals surface area contributed by atoms with E-state index in [0.717, 1.165) is 10.6 Å². The number of hydroxylamine groups is 2. The molecule has 0 unspecified atom stereocenters. The van der Waals surface area contributed by atoms with Crippen LogP contribution in [0, 0.1) is 0 Å². The molecule has 0 bridgehead atoms. The molecular formula is C19H20N2O5. The Bertz CT molecular complexity index is 762. The number of benzene rings is 2. The monoisotopic (exact) mass is 356 g/mol. The van der Waals surface area contributed by atoms with Crippen molar-refractivity contribution in [3.8, 4) is 0 Å². The second-order valence-electron chi connectivity index (χ2n) is 5.21. The Hall–Kier alpha value is -3.19. The highest BCUT2D eigenvalue weighted by Gasteiger charge is 2.20. The van der Waals surface area contributed by atoms with Gasteiger partial charge in [-0.25, -0.2) is 9.86 Å². The number of nitrogens with zero attached hydrogens (tertiary/aromatic N) is 2. The van der Waals surface area contributed by atoms with Crippen molar-refractivity contribution in [3.63, 3.8) is 0 Å². The fourth-order valence-electron chi connectivity index (χ4n) is 2.29. The normalized spacial score (nSPS) is 10.9. The molecule has 0 radical (unpaired) electrons. The minimum atomic E-state index is -0.637. The topological polar surface area (TPSA) is 77.4 Å². The number of oxime groups is 1. The van der Waals surface area contributed by atoms with Gasteiger partial charge in [0.2, 0.25) is 6.41 Å². The molecule has 26 heavy (non-hydrogen) atoms. The summed E-state index contributed by atoms with van der Waals surface area (Å²) in [6.07, 6.45) is 0.588. The summed E-state index contributed by atoms with van der Waals surface area (Å²) in [5.74, 6) is -0.637. The molecule has 136 valence electrons. The van der Waals surface area contributed by atoms with Crippen molar-refractivity contribution in [2.75, 3.05) is 14.2 Å². The van der Waals surface area contributed by atoms with E-state index < -0.39 is 5.97 Å². The van der Waals surface area contributed by atoms with E-state index in [1.807, 2.05) is 30.3 Å². The first-order valence-electron chi connectivity index (χ1n) is 7.86. The predicted molar refractivity (Wildman–Crippen MR) is 94.8 cm³/mol. The summed E-state index contributed by atoms with van der Waals surface area (Å²) in [6.45, 7) is 0.379. The summed E-state index contributed by atoms with van der Waals surface area (Å²) in [6, 6.07) is 16.5. The van der Waals surface area contributed by atoms with Crippen LogP contribution in [0.2, 0.25) is 0 Å². The number of rotatable bonds is 9. The molecule has 0 N–H and O–H groups in total. The van der Waals surface area contributed by atoms with Gasteiger partial charge in [-0.2, -0.15) is 0 Å². The van der Waals surface area contributed by atoms with Crippen molar-refractivity contribution >= 4 is 18.1 Å². The number of carbonyl (C=O) groups excluding carboxylic acids is 2. The fourth-order valence-corrected chi connectivity index (χ4v) is 2.29. The number of esters is 1. The molecular weight excluding hydrogens is 336 g/mol. The van der Waals surface area contributed by atoms with E-state index in [2.05, 4.69) is 5.16 Å². The molecule has 2 aromatic carbocycles. The third-order valence-electron chi connectivity index (χ3n) is 3.52. The summed E-state index contributed by atoms with van der Waals surface area (Å²) >= 11 is 0. The molecule has 0 aliphatic carbocycles. The summed E-state index contributed by atoms with van der Waals surface area (Å²) in [7, 11) is 2.60.